The van der Waals surface area contributed by atoms with Crippen molar-refractivity contribution in [3.8, 4) is 11.8 Å². The van der Waals surface area contributed by atoms with E-state index in [-0.39, 0.29) is 0 Å². The third kappa shape index (κ3) is 3.75. The molecule has 0 heterocycles. The molecule has 0 saturated heterocycles. The third-order valence-corrected chi connectivity index (χ3v) is 4.99. The molecule has 0 fully saturated rings. The maximum absolute atomic E-state index is 13.3. The zero-order valence-electron chi connectivity index (χ0n) is 15.7. The van der Waals surface area contributed by atoms with E-state index in [9.17, 15) is 8.78 Å². The molecule has 0 spiro atoms. The Hall–Kier alpha value is -3.18. The molecule has 0 unspecified atom stereocenters. The van der Waals surface area contributed by atoms with Crippen LogP contribution in [0.4, 0.5) is 8.78 Å². The van der Waals surface area contributed by atoms with Crippen molar-refractivity contribution in [2.45, 2.75) is 26.2 Å². The van der Waals surface area contributed by atoms with Gasteiger partial charge in [0.05, 0.1) is 0 Å². The molecule has 0 aliphatic rings. The van der Waals surface area contributed by atoms with Crippen LogP contribution in [0.15, 0.2) is 66.7 Å². The van der Waals surface area contributed by atoms with Crippen molar-refractivity contribution in [2.24, 2.45) is 0 Å². The van der Waals surface area contributed by atoms with Gasteiger partial charge in [-0.25, -0.2) is 8.78 Å². The number of halogens is 2. The van der Waals surface area contributed by atoms with E-state index in [1.165, 1.54) is 40.6 Å². The van der Waals surface area contributed by atoms with E-state index in [1.807, 2.05) is 12.1 Å². The second kappa shape index (κ2) is 7.82. The summed E-state index contributed by atoms with van der Waals surface area (Å²) in [5.74, 6) is 4.20. The Morgan fingerprint density at radius 3 is 2.04 bits per heavy atom. The normalized spacial score (nSPS) is 10.8. The largest absolute Gasteiger partial charge is 0.204 e. The number of fused-ring (bicyclic) bond motifs is 3. The summed E-state index contributed by atoms with van der Waals surface area (Å²) in [4.78, 5) is 0. The van der Waals surface area contributed by atoms with Crippen molar-refractivity contribution in [3.05, 3.63) is 95.1 Å². The Bertz CT molecular complexity index is 1230. The number of unbranched alkanes of at least 4 members (excludes halogenated alkanes) is 1. The lowest BCUT2D eigenvalue weighted by Crippen LogP contribution is -1.86. The lowest BCUT2D eigenvalue weighted by atomic mass is 9.97. The van der Waals surface area contributed by atoms with Crippen molar-refractivity contribution in [3.63, 3.8) is 0 Å². The summed E-state index contributed by atoms with van der Waals surface area (Å²) in [5.41, 5.74) is 2.68. The number of aryl methyl sites for hydroxylation is 1. The van der Waals surface area contributed by atoms with Crippen LogP contribution in [-0.2, 0) is 6.42 Å². The lowest BCUT2D eigenvalue weighted by Gasteiger charge is -2.07. The van der Waals surface area contributed by atoms with Gasteiger partial charge in [-0.15, -0.1) is 0 Å². The minimum Gasteiger partial charge on any atom is -0.204 e. The quantitative estimate of drug-likeness (QED) is 0.269. The van der Waals surface area contributed by atoms with Gasteiger partial charge < -0.3 is 0 Å². The maximum atomic E-state index is 13.3. The summed E-state index contributed by atoms with van der Waals surface area (Å²) in [5, 5.41) is 4.79. The van der Waals surface area contributed by atoms with Gasteiger partial charge in [-0.1, -0.05) is 61.6 Å². The van der Waals surface area contributed by atoms with Gasteiger partial charge in [0.15, 0.2) is 11.6 Å². The first-order valence-electron chi connectivity index (χ1n) is 9.56. The van der Waals surface area contributed by atoms with Crippen LogP contribution >= 0.6 is 0 Å². The summed E-state index contributed by atoms with van der Waals surface area (Å²) in [6, 6.07) is 20.8. The molecule has 0 bridgehead atoms. The molecular weight excluding hydrogens is 350 g/mol. The van der Waals surface area contributed by atoms with E-state index in [0.29, 0.717) is 5.56 Å². The van der Waals surface area contributed by atoms with Crippen LogP contribution in [0.3, 0.4) is 0 Å². The van der Waals surface area contributed by atoms with Gasteiger partial charge >= 0.3 is 0 Å². The van der Waals surface area contributed by atoms with E-state index in [0.717, 1.165) is 29.5 Å². The molecule has 0 atom stereocenters. The summed E-state index contributed by atoms with van der Waals surface area (Å²) < 4.78 is 26.3. The van der Waals surface area contributed by atoms with Crippen LogP contribution in [0.25, 0.3) is 21.5 Å². The van der Waals surface area contributed by atoms with Crippen molar-refractivity contribution in [1.29, 1.82) is 0 Å². The zero-order chi connectivity index (χ0) is 19.5. The Balaban J connectivity index is 1.68. The van der Waals surface area contributed by atoms with Crippen LogP contribution in [0.2, 0.25) is 0 Å². The third-order valence-electron chi connectivity index (χ3n) is 4.99. The van der Waals surface area contributed by atoms with Crippen molar-refractivity contribution >= 4 is 21.5 Å². The Morgan fingerprint density at radius 2 is 1.32 bits per heavy atom. The minimum atomic E-state index is -0.880. The van der Waals surface area contributed by atoms with Gasteiger partial charge in [0.1, 0.15) is 0 Å². The molecule has 0 saturated carbocycles. The lowest BCUT2D eigenvalue weighted by molar-refractivity contribution is 0.508. The summed E-state index contributed by atoms with van der Waals surface area (Å²) in [6.07, 6.45) is 3.52. The number of hydrogen-bond donors (Lipinski definition) is 0. The molecule has 4 aromatic rings. The van der Waals surface area contributed by atoms with Crippen LogP contribution < -0.4 is 0 Å². The molecule has 138 valence electrons. The average molecular weight is 370 g/mol. The highest BCUT2D eigenvalue weighted by atomic mass is 19.2. The molecule has 0 aliphatic carbocycles. The molecule has 0 aliphatic heterocycles. The van der Waals surface area contributed by atoms with E-state index >= 15 is 0 Å². The molecule has 0 aromatic heterocycles. The number of hydrogen-bond acceptors (Lipinski definition) is 0. The highest BCUT2D eigenvalue weighted by molar-refractivity contribution is 6.07. The van der Waals surface area contributed by atoms with Crippen LogP contribution in [0.1, 0.15) is 36.5 Å². The second-order valence-electron chi connectivity index (χ2n) is 7.04. The van der Waals surface area contributed by atoms with E-state index in [4.69, 9.17) is 0 Å². The number of benzene rings is 4. The smallest absolute Gasteiger partial charge is 0.160 e. The maximum Gasteiger partial charge on any atom is 0.160 e. The fraction of sp³-hybridized carbons (Fsp3) is 0.154. The molecule has 2 heteroatoms. The zero-order valence-corrected chi connectivity index (χ0v) is 15.7. The van der Waals surface area contributed by atoms with Crippen molar-refractivity contribution in [2.75, 3.05) is 0 Å². The highest BCUT2D eigenvalue weighted by Gasteiger charge is 2.03. The fourth-order valence-electron chi connectivity index (χ4n) is 3.45. The van der Waals surface area contributed by atoms with Gasteiger partial charge in [0.2, 0.25) is 0 Å². The van der Waals surface area contributed by atoms with Gasteiger partial charge in [0.25, 0.3) is 0 Å². The van der Waals surface area contributed by atoms with Gasteiger partial charge in [-0.2, -0.15) is 0 Å². The molecule has 0 amide bonds. The predicted molar refractivity (Wildman–Crippen MR) is 112 cm³/mol. The van der Waals surface area contributed by atoms with Gasteiger partial charge in [0, 0.05) is 11.1 Å². The molecule has 4 rings (SSSR count). The Labute approximate surface area is 163 Å². The SMILES string of the molecule is CCCCc1ccc2c(ccc3cc(C#Cc4ccc(F)c(F)c4)ccc32)c1. The summed E-state index contributed by atoms with van der Waals surface area (Å²) >= 11 is 0. The fourth-order valence-corrected chi connectivity index (χ4v) is 3.45. The van der Waals surface area contributed by atoms with Crippen LogP contribution in [0, 0.1) is 23.5 Å². The second-order valence-corrected chi connectivity index (χ2v) is 7.04. The van der Waals surface area contributed by atoms with Gasteiger partial charge in [-0.05, 0) is 70.3 Å². The van der Waals surface area contributed by atoms with E-state index in [2.05, 4.69) is 55.2 Å². The molecule has 0 nitrogen and oxygen atoms in total. The monoisotopic (exact) mass is 370 g/mol. The molecule has 0 N–H and O–H groups in total. The van der Waals surface area contributed by atoms with E-state index in [1.54, 1.807) is 0 Å². The predicted octanol–water partition coefficient (Wildman–Crippen LogP) is 7.01. The number of rotatable bonds is 3. The molecule has 0 radical (unpaired) electrons. The first-order chi connectivity index (χ1) is 13.6. The van der Waals surface area contributed by atoms with Gasteiger partial charge in [-0.3, -0.25) is 0 Å². The first-order valence-corrected chi connectivity index (χ1v) is 9.56. The summed E-state index contributed by atoms with van der Waals surface area (Å²) in [7, 11) is 0. The molecule has 4 aromatic carbocycles. The minimum absolute atomic E-state index is 0.456. The Morgan fingerprint density at radius 1 is 0.679 bits per heavy atom. The topological polar surface area (TPSA) is 0 Å². The first kappa shape index (κ1) is 18.2. The van der Waals surface area contributed by atoms with Crippen LogP contribution in [-0.4, -0.2) is 0 Å². The van der Waals surface area contributed by atoms with Crippen molar-refractivity contribution in [1.82, 2.24) is 0 Å². The standard InChI is InChI=1S/C26H20F2/c1-2-3-4-18-7-12-23-21(15-18)10-11-22-16-19(8-13-24(22)23)5-6-20-9-14-25(27)26(28)17-20/h7-17H,2-4H2,1H3. The average Bonchev–Trinajstić information content (AvgIpc) is 2.72. The van der Waals surface area contributed by atoms with Crippen molar-refractivity contribution < 1.29 is 8.78 Å². The molecule has 28 heavy (non-hydrogen) atoms. The Kier molecular flexibility index (Phi) is 5.08. The molecular formula is C26H20F2. The van der Waals surface area contributed by atoms with Crippen LogP contribution in [0.5, 0.6) is 0 Å². The summed E-state index contributed by atoms with van der Waals surface area (Å²) in [6.45, 7) is 2.21. The van der Waals surface area contributed by atoms with E-state index < -0.39 is 11.6 Å². The highest BCUT2D eigenvalue weighted by Crippen LogP contribution is 2.27.